The molecule has 4 aliphatic carbocycles. The van der Waals surface area contributed by atoms with Crippen LogP contribution in [0, 0.1) is 33.3 Å². The van der Waals surface area contributed by atoms with Gasteiger partial charge in [0, 0.05) is 25.1 Å². The number of carbonyl (C=O) groups excluding carboxylic acids is 2. The van der Waals surface area contributed by atoms with Gasteiger partial charge >= 0.3 is 6.18 Å². The van der Waals surface area contributed by atoms with Crippen LogP contribution in [0.4, 0.5) is 18.9 Å². The third-order valence-electron chi connectivity index (χ3n) is 10.1. The van der Waals surface area contributed by atoms with Gasteiger partial charge in [-0.3, -0.25) is 19.7 Å². The van der Waals surface area contributed by atoms with Gasteiger partial charge < -0.3 is 15.3 Å². The normalized spacial score (nSPS) is 31.9. The van der Waals surface area contributed by atoms with Gasteiger partial charge in [-0.05, 0) is 78.4 Å². The van der Waals surface area contributed by atoms with Crippen molar-refractivity contribution in [2.24, 2.45) is 23.2 Å². The Morgan fingerprint density at radius 2 is 1.57 bits per heavy atom. The summed E-state index contributed by atoms with van der Waals surface area (Å²) >= 11 is 0. The number of hydrogen-bond acceptors (Lipinski definition) is 5. The van der Waals surface area contributed by atoms with Crippen LogP contribution in [0.15, 0.2) is 48.5 Å². The lowest BCUT2D eigenvalue weighted by molar-refractivity contribution is -0.384. The minimum absolute atomic E-state index is 0.109. The molecule has 8 nitrogen and oxygen atoms in total. The van der Waals surface area contributed by atoms with Crippen molar-refractivity contribution in [2.75, 3.05) is 13.1 Å². The number of rotatable bonds is 8. The van der Waals surface area contributed by atoms with Crippen LogP contribution in [0.5, 0.6) is 0 Å². The number of nitro benzene ring substituents is 1. The van der Waals surface area contributed by atoms with Crippen molar-refractivity contribution in [1.82, 2.24) is 10.2 Å². The fourth-order valence-corrected chi connectivity index (χ4v) is 8.96. The third kappa shape index (κ3) is 5.05. The van der Waals surface area contributed by atoms with Crippen LogP contribution < -0.4 is 5.32 Å². The van der Waals surface area contributed by atoms with Crippen LogP contribution in [-0.2, 0) is 21.6 Å². The van der Waals surface area contributed by atoms with E-state index < -0.39 is 35.0 Å². The van der Waals surface area contributed by atoms with Gasteiger partial charge in [-0.2, -0.15) is 13.2 Å². The van der Waals surface area contributed by atoms with Crippen molar-refractivity contribution in [3.63, 3.8) is 0 Å². The van der Waals surface area contributed by atoms with Crippen molar-refractivity contribution in [2.45, 2.75) is 69.2 Å². The van der Waals surface area contributed by atoms with E-state index in [4.69, 9.17) is 0 Å². The number of carbonyl (C=O) groups is 2. The molecule has 7 rings (SSSR count). The number of non-ortho nitro benzene ring substituents is 1. The predicted octanol–water partition coefficient (Wildman–Crippen LogP) is 5.19. The highest BCUT2D eigenvalue weighted by atomic mass is 19.4. The highest BCUT2D eigenvalue weighted by molar-refractivity contribution is 5.98. The molecule has 2 amide bonds. The first-order valence-electron chi connectivity index (χ1n) is 14.5. The van der Waals surface area contributed by atoms with Crippen LogP contribution in [0.3, 0.4) is 0 Å². The molecule has 2 aromatic rings. The Morgan fingerprint density at radius 1 is 1.00 bits per heavy atom. The molecule has 2 N–H and O–H groups in total. The number of benzene rings is 2. The van der Waals surface area contributed by atoms with Crippen LogP contribution in [0.25, 0.3) is 0 Å². The molecule has 42 heavy (non-hydrogen) atoms. The maximum Gasteiger partial charge on any atom is 0.405 e. The number of alkyl halides is 3. The van der Waals surface area contributed by atoms with Crippen LogP contribution in [0.1, 0.15) is 67.7 Å². The molecule has 1 aliphatic heterocycles. The van der Waals surface area contributed by atoms with E-state index >= 15 is 0 Å². The van der Waals surface area contributed by atoms with Crippen molar-refractivity contribution >= 4 is 17.5 Å². The maximum atomic E-state index is 14.1. The predicted molar refractivity (Wildman–Crippen MR) is 146 cm³/mol. The molecule has 5 fully saturated rings. The molecule has 4 bridgehead atoms. The van der Waals surface area contributed by atoms with E-state index in [1.165, 1.54) is 43.5 Å². The smallest absolute Gasteiger partial charge is 0.392 e. The lowest BCUT2D eigenvalue weighted by Crippen LogP contribution is -2.54. The standard InChI is InChI=1S/C31H34F3N3O5/c32-31(33,34)17-35-28(40)30(24-5-7-25(8-6-24)37(41)42)15-26(39)36(27(30)23-3-1-19(16-38)2-4-23)18-29-12-20-9-21(13-29)11-22(10-20)14-29/h1-8,20-22,27,38H,9-18H2,(H,35,40)/t20?,21?,22?,27-,29?,30-/m1/s1. The summed E-state index contributed by atoms with van der Waals surface area (Å²) in [4.78, 5) is 40.6. The van der Waals surface area contributed by atoms with Gasteiger partial charge in [0.1, 0.15) is 12.0 Å². The Bertz CT molecular complexity index is 1340. The summed E-state index contributed by atoms with van der Waals surface area (Å²) in [6.45, 7) is -1.39. The first-order chi connectivity index (χ1) is 19.9. The van der Waals surface area contributed by atoms with Crippen LogP contribution in [-0.4, -0.2) is 46.0 Å². The largest absolute Gasteiger partial charge is 0.405 e. The third-order valence-corrected chi connectivity index (χ3v) is 10.1. The summed E-state index contributed by atoms with van der Waals surface area (Å²) < 4.78 is 40.0. The topological polar surface area (TPSA) is 113 Å². The number of amides is 2. The fourth-order valence-electron chi connectivity index (χ4n) is 8.96. The van der Waals surface area contributed by atoms with Crippen molar-refractivity contribution in [3.8, 4) is 0 Å². The number of halogens is 3. The second-order valence-corrected chi connectivity index (χ2v) is 13.0. The number of aliphatic hydroxyl groups is 1. The van der Waals surface area contributed by atoms with Crippen molar-refractivity contribution in [1.29, 1.82) is 0 Å². The minimum atomic E-state index is -4.67. The number of aliphatic hydroxyl groups excluding tert-OH is 1. The molecule has 4 saturated carbocycles. The number of nitrogens with one attached hydrogen (secondary N) is 1. The summed E-state index contributed by atoms with van der Waals surface area (Å²) in [6.07, 6.45) is 1.53. The maximum absolute atomic E-state index is 14.1. The van der Waals surface area contributed by atoms with Gasteiger partial charge in [0.15, 0.2) is 0 Å². The van der Waals surface area contributed by atoms with E-state index in [9.17, 15) is 38.0 Å². The minimum Gasteiger partial charge on any atom is -0.392 e. The zero-order chi connectivity index (χ0) is 29.9. The zero-order valence-electron chi connectivity index (χ0n) is 23.1. The number of likely N-dealkylation sites (tertiary alicyclic amines) is 1. The van der Waals surface area contributed by atoms with Crippen molar-refractivity contribution < 1.29 is 32.8 Å². The first kappa shape index (κ1) is 28.6. The Balaban J connectivity index is 1.47. The zero-order valence-corrected chi connectivity index (χ0v) is 23.1. The molecule has 1 heterocycles. The average molecular weight is 586 g/mol. The van der Waals surface area contributed by atoms with Gasteiger partial charge in [-0.15, -0.1) is 0 Å². The molecule has 1 saturated heterocycles. The second-order valence-electron chi connectivity index (χ2n) is 13.0. The molecule has 224 valence electrons. The van der Waals surface area contributed by atoms with E-state index in [0.717, 1.165) is 19.3 Å². The Labute approximate surface area is 241 Å². The molecular formula is C31H34F3N3O5. The molecule has 2 aromatic carbocycles. The highest BCUT2D eigenvalue weighted by Gasteiger charge is 2.61. The van der Waals surface area contributed by atoms with E-state index in [1.807, 2.05) is 5.32 Å². The Kier molecular flexibility index (Phi) is 7.06. The van der Waals surface area contributed by atoms with E-state index in [0.29, 0.717) is 35.4 Å². The molecule has 0 radical (unpaired) electrons. The van der Waals surface area contributed by atoms with Gasteiger partial charge in [-0.1, -0.05) is 36.4 Å². The van der Waals surface area contributed by atoms with E-state index in [1.54, 1.807) is 29.2 Å². The monoisotopic (exact) mass is 585 g/mol. The Morgan fingerprint density at radius 3 is 2.07 bits per heavy atom. The summed E-state index contributed by atoms with van der Waals surface area (Å²) in [5.74, 6) is 0.524. The van der Waals surface area contributed by atoms with Gasteiger partial charge in [0.05, 0.1) is 17.6 Å². The summed E-state index contributed by atoms with van der Waals surface area (Å²) in [5.41, 5.74) is -0.697. The van der Waals surface area contributed by atoms with E-state index in [2.05, 4.69) is 0 Å². The molecular weight excluding hydrogens is 551 g/mol. The molecule has 0 aromatic heterocycles. The fraction of sp³-hybridized carbons (Fsp3) is 0.548. The number of hydrogen-bond donors (Lipinski definition) is 2. The lowest BCUT2D eigenvalue weighted by atomic mass is 9.49. The van der Waals surface area contributed by atoms with E-state index in [-0.39, 0.29) is 35.6 Å². The highest BCUT2D eigenvalue weighted by Crippen LogP contribution is 2.62. The summed E-state index contributed by atoms with van der Waals surface area (Å²) in [5, 5.41) is 23.1. The SMILES string of the molecule is O=C1C[C@@](C(=O)NCC(F)(F)F)(c2ccc([N+](=O)[O-])cc2)[C@@H](c2ccc(CO)cc2)N1CC12CC3CC(CC(C3)C1)C2. The first-order valence-corrected chi connectivity index (χ1v) is 14.5. The quantitative estimate of drug-likeness (QED) is 0.327. The summed E-state index contributed by atoms with van der Waals surface area (Å²) in [6, 6.07) is 11.0. The van der Waals surface area contributed by atoms with Crippen LogP contribution >= 0.6 is 0 Å². The molecule has 0 spiro atoms. The summed E-state index contributed by atoms with van der Waals surface area (Å²) in [7, 11) is 0. The molecule has 2 atom stereocenters. The number of nitrogens with zero attached hydrogens (tertiary/aromatic N) is 2. The molecule has 11 heteroatoms. The van der Waals surface area contributed by atoms with Gasteiger partial charge in [0.2, 0.25) is 11.8 Å². The van der Waals surface area contributed by atoms with Crippen molar-refractivity contribution in [3.05, 3.63) is 75.3 Å². The van der Waals surface area contributed by atoms with Gasteiger partial charge in [0.25, 0.3) is 5.69 Å². The number of nitro groups is 1. The lowest BCUT2D eigenvalue weighted by Gasteiger charge is -2.58. The Hall–Kier alpha value is -3.47. The molecule has 5 aliphatic rings. The average Bonchev–Trinajstić information content (AvgIpc) is 3.22. The second kappa shape index (κ2) is 10.4. The van der Waals surface area contributed by atoms with Gasteiger partial charge in [-0.25, -0.2) is 0 Å². The molecule has 0 unspecified atom stereocenters. The van der Waals surface area contributed by atoms with Crippen LogP contribution in [0.2, 0.25) is 0 Å².